The summed E-state index contributed by atoms with van der Waals surface area (Å²) in [5.74, 6) is 1.72. The number of aromatic nitrogens is 5. The molecule has 1 saturated carbocycles. The molecule has 0 amide bonds. The molecule has 1 aliphatic carbocycles. The van der Waals surface area contributed by atoms with Crippen LogP contribution in [-0.4, -0.2) is 30.0 Å². The second-order valence-corrected chi connectivity index (χ2v) is 4.50. The van der Waals surface area contributed by atoms with Crippen LogP contribution in [0.3, 0.4) is 0 Å². The molecule has 0 radical (unpaired) electrons. The quantitative estimate of drug-likeness (QED) is 0.715. The fourth-order valence-corrected chi connectivity index (χ4v) is 2.04. The van der Waals surface area contributed by atoms with Gasteiger partial charge in [0.25, 0.3) is 0 Å². The fraction of sp³-hybridized carbons (Fsp3) is 0.364. The van der Waals surface area contributed by atoms with Crippen LogP contribution in [0, 0.1) is 0 Å². The lowest BCUT2D eigenvalue weighted by Gasteiger charge is -2.08. The predicted molar refractivity (Wildman–Crippen MR) is 63.9 cm³/mol. The maximum atomic E-state index is 4.50. The van der Waals surface area contributed by atoms with Crippen LogP contribution < -0.4 is 5.32 Å². The first-order chi connectivity index (χ1) is 8.33. The van der Waals surface area contributed by atoms with Gasteiger partial charge in [0.05, 0.1) is 6.33 Å². The molecule has 0 aromatic carbocycles. The molecule has 0 spiro atoms. The van der Waals surface area contributed by atoms with E-state index in [0.717, 1.165) is 17.0 Å². The Morgan fingerprint density at radius 1 is 1.35 bits per heavy atom. The molecule has 3 aromatic rings. The largest absolute Gasteiger partial charge is 0.366 e. The van der Waals surface area contributed by atoms with Crippen LogP contribution in [0.15, 0.2) is 18.7 Å². The first-order valence-corrected chi connectivity index (χ1v) is 5.73. The molecule has 0 unspecified atom stereocenters. The predicted octanol–water partition coefficient (Wildman–Crippen LogP) is 1.19. The van der Waals surface area contributed by atoms with Crippen LogP contribution in [0.2, 0.25) is 0 Å². The minimum atomic E-state index is 0.577. The number of rotatable bonds is 2. The lowest BCUT2D eigenvalue weighted by atomic mass is 10.4. The van der Waals surface area contributed by atoms with E-state index in [1.54, 1.807) is 12.5 Å². The Balaban J connectivity index is 2.08. The molecule has 4 rings (SSSR count). The van der Waals surface area contributed by atoms with Crippen molar-refractivity contribution in [3.63, 3.8) is 0 Å². The minimum Gasteiger partial charge on any atom is -0.366 e. The van der Waals surface area contributed by atoms with Crippen molar-refractivity contribution < 1.29 is 0 Å². The van der Waals surface area contributed by atoms with Gasteiger partial charge < -0.3 is 9.88 Å². The number of imidazole rings is 2. The molecule has 6 heteroatoms. The molecule has 0 saturated heterocycles. The van der Waals surface area contributed by atoms with Gasteiger partial charge in [0.15, 0.2) is 5.65 Å². The zero-order chi connectivity index (χ0) is 11.4. The maximum absolute atomic E-state index is 4.50. The first-order valence-electron chi connectivity index (χ1n) is 5.73. The van der Waals surface area contributed by atoms with Gasteiger partial charge in [-0.3, -0.25) is 4.40 Å². The van der Waals surface area contributed by atoms with Gasteiger partial charge >= 0.3 is 0 Å². The van der Waals surface area contributed by atoms with Gasteiger partial charge in [-0.25, -0.2) is 9.97 Å². The van der Waals surface area contributed by atoms with Crippen molar-refractivity contribution in [2.45, 2.75) is 18.9 Å². The van der Waals surface area contributed by atoms with Gasteiger partial charge in [0.1, 0.15) is 11.3 Å². The second-order valence-electron chi connectivity index (χ2n) is 4.50. The Bertz CT molecular complexity index is 705. The van der Waals surface area contributed by atoms with E-state index in [4.69, 9.17) is 0 Å². The van der Waals surface area contributed by atoms with Crippen LogP contribution >= 0.6 is 0 Å². The Morgan fingerprint density at radius 3 is 3.06 bits per heavy atom. The smallest absolute Gasteiger partial charge is 0.237 e. The third-order valence-corrected chi connectivity index (χ3v) is 3.12. The highest BCUT2D eigenvalue weighted by molar-refractivity contribution is 5.85. The maximum Gasteiger partial charge on any atom is 0.237 e. The molecule has 3 heterocycles. The van der Waals surface area contributed by atoms with E-state index in [1.807, 2.05) is 22.2 Å². The summed E-state index contributed by atoms with van der Waals surface area (Å²) < 4.78 is 3.88. The van der Waals surface area contributed by atoms with Crippen LogP contribution in [0.4, 0.5) is 5.82 Å². The average molecular weight is 228 g/mol. The first kappa shape index (κ1) is 8.98. The number of hydrogen-bond donors (Lipinski definition) is 1. The van der Waals surface area contributed by atoms with Crippen molar-refractivity contribution in [3.8, 4) is 0 Å². The summed E-state index contributed by atoms with van der Waals surface area (Å²) in [5, 5.41) is 3.51. The van der Waals surface area contributed by atoms with Crippen molar-refractivity contribution in [3.05, 3.63) is 18.7 Å². The summed E-state index contributed by atoms with van der Waals surface area (Å²) in [6, 6.07) is 0.577. The van der Waals surface area contributed by atoms with Gasteiger partial charge in [0, 0.05) is 25.5 Å². The third kappa shape index (κ3) is 1.23. The highest BCUT2D eigenvalue weighted by Gasteiger charge is 2.24. The number of aryl methyl sites for hydroxylation is 1. The van der Waals surface area contributed by atoms with Gasteiger partial charge in [-0.1, -0.05) is 0 Å². The summed E-state index contributed by atoms with van der Waals surface area (Å²) in [7, 11) is 1.95. The topological polar surface area (TPSA) is 60.0 Å². The summed E-state index contributed by atoms with van der Waals surface area (Å²) >= 11 is 0. The van der Waals surface area contributed by atoms with Crippen LogP contribution in [0.1, 0.15) is 12.8 Å². The molecule has 1 fully saturated rings. The summed E-state index contributed by atoms with van der Waals surface area (Å²) in [6.45, 7) is 0. The van der Waals surface area contributed by atoms with Crippen molar-refractivity contribution in [2.75, 3.05) is 5.32 Å². The number of nitrogens with zero attached hydrogens (tertiary/aromatic N) is 5. The molecular formula is C11H12N6. The van der Waals surface area contributed by atoms with Gasteiger partial charge in [0.2, 0.25) is 5.78 Å². The van der Waals surface area contributed by atoms with E-state index in [2.05, 4.69) is 20.3 Å². The number of hydrogen-bond acceptors (Lipinski definition) is 4. The van der Waals surface area contributed by atoms with E-state index in [0.29, 0.717) is 11.8 Å². The Kier molecular flexibility index (Phi) is 1.57. The normalized spacial score (nSPS) is 15.8. The zero-order valence-corrected chi connectivity index (χ0v) is 9.46. The Hall–Kier alpha value is -2.11. The summed E-state index contributed by atoms with van der Waals surface area (Å²) in [5.41, 5.74) is 1.77. The minimum absolute atomic E-state index is 0.577. The van der Waals surface area contributed by atoms with E-state index in [1.165, 1.54) is 12.8 Å². The average Bonchev–Trinajstić information content (AvgIpc) is 2.88. The Labute approximate surface area is 97.3 Å². The van der Waals surface area contributed by atoms with Gasteiger partial charge in [-0.2, -0.15) is 4.98 Å². The second kappa shape index (κ2) is 2.97. The number of fused-ring (bicyclic) bond motifs is 2. The molecule has 1 N–H and O–H groups in total. The number of anilines is 1. The Morgan fingerprint density at radius 2 is 2.24 bits per heavy atom. The zero-order valence-electron chi connectivity index (χ0n) is 9.46. The van der Waals surface area contributed by atoms with Crippen LogP contribution in [0.5, 0.6) is 0 Å². The van der Waals surface area contributed by atoms with Crippen molar-refractivity contribution >= 4 is 22.8 Å². The molecule has 86 valence electrons. The lowest BCUT2D eigenvalue weighted by molar-refractivity contribution is 0.929. The molecule has 6 nitrogen and oxygen atoms in total. The molecule has 1 aliphatic rings. The number of nitrogens with one attached hydrogen (secondary N) is 1. The summed E-state index contributed by atoms with van der Waals surface area (Å²) in [6.07, 6.45) is 7.93. The van der Waals surface area contributed by atoms with E-state index in [-0.39, 0.29) is 0 Å². The molecule has 0 aliphatic heterocycles. The van der Waals surface area contributed by atoms with E-state index < -0.39 is 0 Å². The fourth-order valence-electron chi connectivity index (χ4n) is 2.04. The van der Waals surface area contributed by atoms with Crippen molar-refractivity contribution in [2.24, 2.45) is 7.05 Å². The van der Waals surface area contributed by atoms with E-state index >= 15 is 0 Å². The van der Waals surface area contributed by atoms with Crippen molar-refractivity contribution in [1.82, 2.24) is 23.9 Å². The molecule has 17 heavy (non-hydrogen) atoms. The highest BCUT2D eigenvalue weighted by atomic mass is 15.2. The lowest BCUT2D eigenvalue weighted by Crippen LogP contribution is -2.07. The molecule has 0 atom stereocenters. The highest BCUT2D eigenvalue weighted by Crippen LogP contribution is 2.28. The van der Waals surface area contributed by atoms with Gasteiger partial charge in [-0.15, -0.1) is 0 Å². The molecule has 0 bridgehead atoms. The molecular weight excluding hydrogens is 216 g/mol. The van der Waals surface area contributed by atoms with Crippen molar-refractivity contribution in [1.29, 1.82) is 0 Å². The van der Waals surface area contributed by atoms with E-state index in [9.17, 15) is 0 Å². The monoisotopic (exact) mass is 228 g/mol. The third-order valence-electron chi connectivity index (χ3n) is 3.12. The standard InChI is InChI=1S/C11H12N6/c1-16-6-13-8-9(16)15-11-12-4-5-17(11)10(8)14-7-2-3-7/h4-7,14H,2-3H2,1H3. The summed E-state index contributed by atoms with van der Waals surface area (Å²) in [4.78, 5) is 13.2. The molecule has 3 aromatic heterocycles. The van der Waals surface area contributed by atoms with Crippen LogP contribution in [-0.2, 0) is 7.05 Å². The SMILES string of the molecule is Cn1cnc2c(NC3CC3)n3ccnc3nc21. The van der Waals surface area contributed by atoms with Gasteiger partial charge in [-0.05, 0) is 12.8 Å². The van der Waals surface area contributed by atoms with Crippen LogP contribution in [0.25, 0.3) is 16.9 Å².